The van der Waals surface area contributed by atoms with E-state index < -0.39 is 7.05 Å². The Morgan fingerprint density at radius 3 is 2.62 bits per heavy atom. The summed E-state index contributed by atoms with van der Waals surface area (Å²) in [6, 6.07) is 17.9. The van der Waals surface area contributed by atoms with Crippen molar-refractivity contribution in [2.75, 3.05) is 18.0 Å². The van der Waals surface area contributed by atoms with Gasteiger partial charge >= 0.3 is 7.05 Å². The molecule has 1 amide bonds. The lowest BCUT2D eigenvalue weighted by Gasteiger charge is -2.36. The first-order valence-corrected chi connectivity index (χ1v) is 9.87. The first-order chi connectivity index (χ1) is 12.6. The Labute approximate surface area is 164 Å². The van der Waals surface area contributed by atoms with E-state index in [1.807, 2.05) is 64.3 Å². The largest absolute Gasteiger partial charge is 0.437 e. The molecule has 2 aromatic carbocycles. The molecule has 4 nitrogen and oxygen atoms in total. The highest BCUT2D eigenvalue weighted by atomic mass is 79.9. The van der Waals surface area contributed by atoms with Crippen LogP contribution >= 0.6 is 15.9 Å². The second-order valence-corrected chi connectivity index (χ2v) is 7.68. The van der Waals surface area contributed by atoms with Crippen LogP contribution < -0.4 is 4.90 Å². The molecule has 1 aliphatic heterocycles. The van der Waals surface area contributed by atoms with Crippen LogP contribution in [0.4, 0.5) is 5.69 Å². The van der Waals surface area contributed by atoms with Crippen molar-refractivity contribution in [3.63, 3.8) is 0 Å². The second-order valence-electron chi connectivity index (χ2n) is 6.83. The molecule has 1 heterocycles. The van der Waals surface area contributed by atoms with Crippen LogP contribution in [0.1, 0.15) is 18.4 Å². The van der Waals surface area contributed by atoms with Crippen LogP contribution in [0.2, 0.25) is 6.82 Å². The summed E-state index contributed by atoms with van der Waals surface area (Å²) in [4.78, 5) is 17.3. The first-order valence-electron chi connectivity index (χ1n) is 9.08. The predicted molar refractivity (Wildman–Crippen MR) is 110 cm³/mol. The Kier molecular flexibility index (Phi) is 6.51. The van der Waals surface area contributed by atoms with Gasteiger partial charge < -0.3 is 14.7 Å². The molecule has 0 radical (unpaired) electrons. The quantitative estimate of drug-likeness (QED) is 0.756. The Morgan fingerprint density at radius 1 is 1.23 bits per heavy atom. The van der Waals surface area contributed by atoms with Crippen LogP contribution in [-0.4, -0.2) is 35.9 Å². The summed E-state index contributed by atoms with van der Waals surface area (Å²) in [6.07, 6.45) is 1.79. The molecule has 1 aliphatic rings. The minimum atomic E-state index is -0.517. The third-order valence-corrected chi connectivity index (χ3v) is 5.59. The third-order valence-electron chi connectivity index (χ3n) is 4.92. The Morgan fingerprint density at radius 2 is 1.92 bits per heavy atom. The number of hydrogen-bond donors (Lipinski definition) is 1. The molecule has 1 fully saturated rings. The second kappa shape index (κ2) is 8.84. The summed E-state index contributed by atoms with van der Waals surface area (Å²) in [6.45, 7) is 3.75. The molecule has 136 valence electrons. The zero-order chi connectivity index (χ0) is 18.5. The standard InChI is InChI=1S/C20H24BBrN2O2/c1-21(26)23-13-7-10-17(15-23)20(25)24(14-16-8-3-2-4-9-16)19-12-6-5-11-18(19)22/h2-6,8-9,11-12,17,26H,7,10,13-15H2,1H3. The van der Waals surface area contributed by atoms with Gasteiger partial charge in [0.25, 0.3) is 0 Å². The number of anilines is 1. The van der Waals surface area contributed by atoms with Crippen molar-refractivity contribution in [2.45, 2.75) is 26.2 Å². The van der Waals surface area contributed by atoms with E-state index in [0.717, 1.165) is 35.1 Å². The van der Waals surface area contributed by atoms with Crippen molar-refractivity contribution in [1.29, 1.82) is 0 Å². The van der Waals surface area contributed by atoms with Crippen molar-refractivity contribution in [3.8, 4) is 0 Å². The zero-order valence-electron chi connectivity index (χ0n) is 15.0. The molecule has 1 saturated heterocycles. The highest BCUT2D eigenvalue weighted by Gasteiger charge is 2.32. The number of amides is 1. The molecule has 1 unspecified atom stereocenters. The molecule has 1 atom stereocenters. The number of halogens is 1. The number of rotatable bonds is 5. The van der Waals surface area contributed by atoms with E-state index >= 15 is 0 Å². The SMILES string of the molecule is CB(O)N1CCCC(C(=O)N(Cc2ccccc2)c2ccccc2Br)C1. The van der Waals surface area contributed by atoms with E-state index in [2.05, 4.69) is 15.9 Å². The van der Waals surface area contributed by atoms with E-state index in [1.165, 1.54) is 0 Å². The summed E-state index contributed by atoms with van der Waals surface area (Å²) in [5.41, 5.74) is 1.98. The van der Waals surface area contributed by atoms with E-state index in [1.54, 1.807) is 6.82 Å². The average molecular weight is 415 g/mol. The molecular weight excluding hydrogens is 391 g/mol. The highest BCUT2D eigenvalue weighted by molar-refractivity contribution is 9.10. The molecule has 0 aliphatic carbocycles. The summed E-state index contributed by atoms with van der Waals surface area (Å²) in [5.74, 6) is 0.0141. The smallest absolute Gasteiger partial charge is 0.376 e. The van der Waals surface area contributed by atoms with Gasteiger partial charge in [-0.2, -0.15) is 0 Å². The summed E-state index contributed by atoms with van der Waals surface area (Å²) in [5, 5.41) is 9.91. The number of nitrogens with zero attached hydrogens (tertiary/aromatic N) is 2. The maximum Gasteiger partial charge on any atom is 0.376 e. The van der Waals surface area contributed by atoms with Gasteiger partial charge in [0, 0.05) is 11.0 Å². The van der Waals surface area contributed by atoms with Crippen LogP contribution in [0.3, 0.4) is 0 Å². The van der Waals surface area contributed by atoms with Crippen molar-refractivity contribution in [2.24, 2.45) is 5.92 Å². The lowest BCUT2D eigenvalue weighted by molar-refractivity contribution is -0.123. The number of piperidine rings is 1. The maximum atomic E-state index is 13.4. The van der Waals surface area contributed by atoms with Gasteiger partial charge in [0.2, 0.25) is 5.91 Å². The van der Waals surface area contributed by atoms with E-state index in [-0.39, 0.29) is 11.8 Å². The van der Waals surface area contributed by atoms with Crippen molar-refractivity contribution in [1.82, 2.24) is 4.81 Å². The van der Waals surface area contributed by atoms with Crippen LogP contribution in [-0.2, 0) is 11.3 Å². The highest BCUT2D eigenvalue weighted by Crippen LogP contribution is 2.30. The van der Waals surface area contributed by atoms with E-state index in [4.69, 9.17) is 0 Å². The molecule has 0 aromatic heterocycles. The molecule has 2 aromatic rings. The Hall–Kier alpha value is -1.63. The minimum Gasteiger partial charge on any atom is -0.437 e. The number of carbonyl (C=O) groups is 1. The van der Waals surface area contributed by atoms with Gasteiger partial charge in [-0.1, -0.05) is 42.5 Å². The van der Waals surface area contributed by atoms with Crippen molar-refractivity contribution in [3.05, 3.63) is 64.6 Å². The van der Waals surface area contributed by atoms with Gasteiger partial charge in [0.15, 0.2) is 0 Å². The van der Waals surface area contributed by atoms with Gasteiger partial charge in [-0.25, -0.2) is 0 Å². The fourth-order valence-corrected chi connectivity index (χ4v) is 3.99. The topological polar surface area (TPSA) is 43.8 Å². The maximum absolute atomic E-state index is 13.4. The normalized spacial score (nSPS) is 17.7. The lowest BCUT2D eigenvalue weighted by Crippen LogP contribution is -2.49. The fourth-order valence-electron chi connectivity index (χ4n) is 3.49. The number of para-hydroxylation sites is 1. The minimum absolute atomic E-state index is 0.103. The van der Waals surface area contributed by atoms with Gasteiger partial charge in [0.1, 0.15) is 0 Å². The number of carbonyl (C=O) groups excluding carboxylic acids is 1. The summed E-state index contributed by atoms with van der Waals surface area (Å²) >= 11 is 3.59. The lowest BCUT2D eigenvalue weighted by atomic mass is 9.80. The van der Waals surface area contributed by atoms with E-state index in [9.17, 15) is 9.82 Å². The first kappa shape index (κ1) is 19.1. The molecule has 1 N–H and O–H groups in total. The molecular formula is C20H24BBrN2O2. The molecule has 0 bridgehead atoms. The Bertz CT molecular complexity index is 742. The van der Waals surface area contributed by atoms with Gasteiger partial charge in [0.05, 0.1) is 18.2 Å². The number of benzene rings is 2. The van der Waals surface area contributed by atoms with Crippen molar-refractivity contribution >= 4 is 34.6 Å². The summed E-state index contributed by atoms with van der Waals surface area (Å²) in [7, 11) is -0.517. The summed E-state index contributed by atoms with van der Waals surface area (Å²) < 4.78 is 0.910. The van der Waals surface area contributed by atoms with Crippen LogP contribution in [0.15, 0.2) is 59.1 Å². The molecule has 3 rings (SSSR count). The molecule has 0 spiro atoms. The predicted octanol–water partition coefficient (Wildman–Crippen LogP) is 3.80. The molecule has 26 heavy (non-hydrogen) atoms. The number of hydrogen-bond acceptors (Lipinski definition) is 3. The van der Waals surface area contributed by atoms with E-state index in [0.29, 0.717) is 13.1 Å². The van der Waals surface area contributed by atoms with Crippen LogP contribution in [0.5, 0.6) is 0 Å². The van der Waals surface area contributed by atoms with Gasteiger partial charge in [-0.15, -0.1) is 0 Å². The third kappa shape index (κ3) is 4.55. The van der Waals surface area contributed by atoms with Crippen LogP contribution in [0.25, 0.3) is 0 Å². The van der Waals surface area contributed by atoms with Crippen LogP contribution in [0, 0.1) is 5.92 Å². The molecule has 0 saturated carbocycles. The average Bonchev–Trinajstić information content (AvgIpc) is 2.67. The Balaban J connectivity index is 1.87. The zero-order valence-corrected chi connectivity index (χ0v) is 16.6. The van der Waals surface area contributed by atoms with Crippen molar-refractivity contribution < 1.29 is 9.82 Å². The monoisotopic (exact) mass is 414 g/mol. The van der Waals surface area contributed by atoms with Gasteiger partial charge in [-0.3, -0.25) is 4.79 Å². The molecule has 6 heteroatoms. The van der Waals surface area contributed by atoms with Gasteiger partial charge in [-0.05, 0) is 59.8 Å². The fraction of sp³-hybridized carbons (Fsp3) is 0.350.